The Labute approximate surface area is 199 Å². The molecule has 34 heavy (non-hydrogen) atoms. The molecule has 0 fully saturated rings. The number of benzene rings is 2. The smallest absolute Gasteiger partial charge is 0.342 e. The van der Waals surface area contributed by atoms with Crippen molar-refractivity contribution in [1.82, 2.24) is 9.78 Å². The Morgan fingerprint density at radius 2 is 1.76 bits per heavy atom. The molecule has 3 N–H and O–H groups in total. The Balaban J connectivity index is 1.44. The van der Waals surface area contributed by atoms with Gasteiger partial charge in [-0.3, -0.25) is 9.48 Å². The zero-order chi connectivity index (χ0) is 24.1. The molecule has 9 nitrogen and oxygen atoms in total. The maximum Gasteiger partial charge on any atom is 0.342 e. The first-order valence-corrected chi connectivity index (χ1v) is 12.5. The topological polar surface area (TPSA) is 133 Å². The second kappa shape index (κ2) is 10.00. The van der Waals surface area contributed by atoms with E-state index in [1.54, 1.807) is 10.9 Å². The summed E-state index contributed by atoms with van der Waals surface area (Å²) >= 11 is 1.44. The second-order valence-electron chi connectivity index (χ2n) is 7.25. The van der Waals surface area contributed by atoms with Crippen LogP contribution in [0.1, 0.15) is 15.9 Å². The number of hydrogen-bond acceptors (Lipinski definition) is 7. The highest BCUT2D eigenvalue weighted by atomic mass is 32.2. The summed E-state index contributed by atoms with van der Waals surface area (Å²) in [5, 5.41) is 14.0. The van der Waals surface area contributed by atoms with Gasteiger partial charge in [0, 0.05) is 11.9 Å². The Kier molecular flexibility index (Phi) is 6.87. The number of thiophene rings is 1. The molecular weight excluding hydrogens is 476 g/mol. The number of anilines is 1. The van der Waals surface area contributed by atoms with Crippen molar-refractivity contribution >= 4 is 38.9 Å². The lowest BCUT2D eigenvalue weighted by molar-refractivity contribution is -0.119. The van der Waals surface area contributed by atoms with Gasteiger partial charge in [0.05, 0.1) is 16.3 Å². The fraction of sp³-hybridized carbons (Fsp3) is 0.0870. The normalized spacial score (nSPS) is 11.2. The fourth-order valence-corrected chi connectivity index (χ4v) is 4.39. The predicted octanol–water partition coefficient (Wildman–Crippen LogP) is 3.10. The fourth-order valence-electron chi connectivity index (χ4n) is 3.15. The average Bonchev–Trinajstić information content (AvgIpc) is 3.48. The maximum absolute atomic E-state index is 12.8. The lowest BCUT2D eigenvalue weighted by atomic mass is 10.2. The van der Waals surface area contributed by atoms with Gasteiger partial charge in [0.1, 0.15) is 11.3 Å². The van der Waals surface area contributed by atoms with Crippen LogP contribution in [-0.2, 0) is 26.1 Å². The van der Waals surface area contributed by atoms with E-state index in [4.69, 9.17) is 9.88 Å². The number of hydrogen-bond donors (Lipinski definition) is 2. The van der Waals surface area contributed by atoms with Crippen molar-refractivity contribution in [1.29, 1.82) is 0 Å². The monoisotopic (exact) mass is 496 g/mol. The van der Waals surface area contributed by atoms with E-state index in [1.165, 1.54) is 35.6 Å². The van der Waals surface area contributed by atoms with Crippen LogP contribution in [0.4, 0.5) is 5.69 Å². The van der Waals surface area contributed by atoms with Crippen LogP contribution in [0, 0.1) is 0 Å². The molecule has 0 saturated carbocycles. The SMILES string of the molecule is NS(=O)(=O)c1ccc(NC(=O)COC(=O)c2cn(Cc3ccccc3)nc2-c2cccs2)cc1. The van der Waals surface area contributed by atoms with E-state index < -0.39 is 28.5 Å². The van der Waals surface area contributed by atoms with Crippen molar-refractivity contribution in [2.45, 2.75) is 11.4 Å². The number of aromatic nitrogens is 2. The molecule has 0 aliphatic rings. The van der Waals surface area contributed by atoms with Crippen molar-refractivity contribution in [2.75, 3.05) is 11.9 Å². The van der Waals surface area contributed by atoms with Gasteiger partial charge >= 0.3 is 5.97 Å². The lowest BCUT2D eigenvalue weighted by Gasteiger charge is -2.07. The quantitative estimate of drug-likeness (QED) is 0.360. The summed E-state index contributed by atoms with van der Waals surface area (Å²) in [6.45, 7) is -0.0506. The first-order chi connectivity index (χ1) is 16.3. The minimum atomic E-state index is -3.83. The molecule has 0 bridgehead atoms. The number of sulfonamides is 1. The highest BCUT2D eigenvalue weighted by Gasteiger charge is 2.21. The molecule has 11 heteroatoms. The molecule has 2 aromatic carbocycles. The van der Waals surface area contributed by atoms with E-state index in [0.717, 1.165) is 10.4 Å². The summed E-state index contributed by atoms with van der Waals surface area (Å²) in [7, 11) is -3.83. The van der Waals surface area contributed by atoms with Crippen LogP contribution >= 0.6 is 11.3 Å². The van der Waals surface area contributed by atoms with Crippen molar-refractivity contribution < 1.29 is 22.7 Å². The number of nitrogens with two attached hydrogens (primary N) is 1. The van der Waals surface area contributed by atoms with Crippen molar-refractivity contribution in [2.24, 2.45) is 5.14 Å². The number of nitrogens with one attached hydrogen (secondary N) is 1. The minimum Gasteiger partial charge on any atom is -0.452 e. The van der Waals surface area contributed by atoms with Gasteiger partial charge < -0.3 is 10.1 Å². The number of carbonyl (C=O) groups excluding carboxylic acids is 2. The highest BCUT2D eigenvalue weighted by molar-refractivity contribution is 7.89. The van der Waals surface area contributed by atoms with Crippen LogP contribution in [0.5, 0.6) is 0 Å². The molecule has 0 radical (unpaired) electrons. The van der Waals surface area contributed by atoms with E-state index in [9.17, 15) is 18.0 Å². The molecule has 1 amide bonds. The Morgan fingerprint density at radius 3 is 2.41 bits per heavy atom. The van der Waals surface area contributed by atoms with E-state index in [0.29, 0.717) is 17.9 Å². The van der Waals surface area contributed by atoms with Crippen LogP contribution in [0.3, 0.4) is 0 Å². The minimum absolute atomic E-state index is 0.0782. The Morgan fingerprint density at radius 1 is 1.03 bits per heavy atom. The molecule has 0 aliphatic carbocycles. The van der Waals surface area contributed by atoms with Crippen LogP contribution in [0.25, 0.3) is 10.6 Å². The third-order valence-corrected chi connectivity index (χ3v) is 6.53. The molecule has 2 heterocycles. The summed E-state index contributed by atoms with van der Waals surface area (Å²) in [6.07, 6.45) is 1.61. The van der Waals surface area contributed by atoms with Gasteiger partial charge in [-0.05, 0) is 41.3 Å². The van der Waals surface area contributed by atoms with Crippen LogP contribution in [0.2, 0.25) is 0 Å². The number of nitrogens with zero attached hydrogens (tertiary/aromatic N) is 2. The second-order valence-corrected chi connectivity index (χ2v) is 9.75. The van der Waals surface area contributed by atoms with Crippen molar-refractivity contribution in [3.63, 3.8) is 0 Å². The number of primary sulfonamides is 1. The van der Waals surface area contributed by atoms with Gasteiger partial charge in [0.2, 0.25) is 10.0 Å². The molecule has 4 rings (SSSR count). The third-order valence-electron chi connectivity index (χ3n) is 4.72. The largest absolute Gasteiger partial charge is 0.452 e. The van der Waals surface area contributed by atoms with E-state index >= 15 is 0 Å². The van der Waals surface area contributed by atoms with Gasteiger partial charge in [-0.2, -0.15) is 5.10 Å². The highest BCUT2D eigenvalue weighted by Crippen LogP contribution is 2.27. The lowest BCUT2D eigenvalue weighted by Crippen LogP contribution is -2.21. The first kappa shape index (κ1) is 23.4. The van der Waals surface area contributed by atoms with Gasteiger partial charge in [-0.15, -0.1) is 11.3 Å². The third kappa shape index (κ3) is 5.76. The number of amides is 1. The number of rotatable bonds is 8. The van der Waals surface area contributed by atoms with Crippen molar-refractivity contribution in [3.05, 3.63) is 89.4 Å². The predicted molar refractivity (Wildman–Crippen MR) is 128 cm³/mol. The van der Waals surface area contributed by atoms with E-state index in [1.807, 2.05) is 47.8 Å². The molecule has 0 saturated heterocycles. The Hall–Kier alpha value is -3.80. The molecule has 0 unspecified atom stereocenters. The standard InChI is InChI=1S/C23H20N4O5S2/c24-34(30,31)18-10-8-17(9-11-18)25-21(28)15-32-23(29)19-14-27(13-16-5-2-1-3-6-16)26-22(19)20-7-4-12-33-20/h1-12,14H,13,15H2,(H,25,28)(H2,24,30,31). The molecule has 174 valence electrons. The van der Waals surface area contributed by atoms with Crippen LogP contribution < -0.4 is 10.5 Å². The summed E-state index contributed by atoms with van der Waals surface area (Å²) in [5.74, 6) is -1.26. The molecule has 2 aromatic heterocycles. The number of carbonyl (C=O) groups is 2. The van der Waals surface area contributed by atoms with Gasteiger partial charge in [-0.25, -0.2) is 18.4 Å². The van der Waals surface area contributed by atoms with Crippen LogP contribution in [0.15, 0.2) is 83.2 Å². The summed E-state index contributed by atoms with van der Waals surface area (Å²) in [6, 6.07) is 18.7. The number of esters is 1. The molecule has 0 aliphatic heterocycles. The molecular formula is C23H20N4O5S2. The zero-order valence-electron chi connectivity index (χ0n) is 17.7. The average molecular weight is 497 g/mol. The van der Waals surface area contributed by atoms with E-state index in [-0.39, 0.29) is 10.5 Å². The van der Waals surface area contributed by atoms with Gasteiger partial charge in [-0.1, -0.05) is 36.4 Å². The van der Waals surface area contributed by atoms with Gasteiger partial charge in [0.15, 0.2) is 6.61 Å². The summed E-state index contributed by atoms with van der Waals surface area (Å²) in [5.41, 5.74) is 2.09. The Bertz CT molecular complexity index is 1400. The van der Waals surface area contributed by atoms with E-state index in [2.05, 4.69) is 10.4 Å². The molecule has 4 aromatic rings. The zero-order valence-corrected chi connectivity index (χ0v) is 19.4. The van der Waals surface area contributed by atoms with Gasteiger partial charge in [0.25, 0.3) is 5.91 Å². The molecule has 0 spiro atoms. The number of ether oxygens (including phenoxy) is 1. The van der Waals surface area contributed by atoms with Crippen LogP contribution in [-0.4, -0.2) is 36.7 Å². The first-order valence-electron chi connectivity index (χ1n) is 10.0. The summed E-state index contributed by atoms with van der Waals surface area (Å²) < 4.78 is 29.5. The maximum atomic E-state index is 12.8. The summed E-state index contributed by atoms with van der Waals surface area (Å²) in [4.78, 5) is 25.8. The molecule has 0 atom stereocenters. The van der Waals surface area contributed by atoms with Crippen molar-refractivity contribution in [3.8, 4) is 10.6 Å².